The molecule has 0 rings (SSSR count). The van der Waals surface area contributed by atoms with Crippen LogP contribution < -0.4 is 0 Å². The average molecular weight is 1100 g/mol. The highest BCUT2D eigenvalue weighted by Crippen LogP contribution is 2.18. The highest BCUT2D eigenvalue weighted by molar-refractivity contribution is 5.71. The zero-order valence-corrected chi connectivity index (χ0v) is 52.7. The van der Waals surface area contributed by atoms with E-state index in [1.807, 2.05) is 0 Å². The fourth-order valence-electron chi connectivity index (χ4n) is 10.6. The highest BCUT2D eigenvalue weighted by atomic mass is 16.6. The number of hydrogen-bond donors (Lipinski definition) is 0. The van der Waals surface area contributed by atoms with E-state index >= 15 is 0 Å². The molecule has 0 bridgehead atoms. The van der Waals surface area contributed by atoms with Gasteiger partial charge < -0.3 is 14.2 Å². The predicted octanol–water partition coefficient (Wildman–Crippen LogP) is 23.9. The van der Waals surface area contributed by atoms with Crippen molar-refractivity contribution in [2.24, 2.45) is 0 Å². The van der Waals surface area contributed by atoms with Crippen molar-refractivity contribution in [3.05, 3.63) is 36.5 Å². The first-order chi connectivity index (χ1) is 38.5. The van der Waals surface area contributed by atoms with E-state index in [9.17, 15) is 14.4 Å². The number of ether oxygens (including phenoxy) is 3. The molecule has 0 heterocycles. The second-order valence-corrected chi connectivity index (χ2v) is 23.8. The normalized spacial score (nSPS) is 12.2. The molecule has 0 aromatic heterocycles. The van der Waals surface area contributed by atoms with Crippen LogP contribution in [0.4, 0.5) is 0 Å². The van der Waals surface area contributed by atoms with Crippen molar-refractivity contribution < 1.29 is 28.6 Å². The molecule has 0 spiro atoms. The quantitative estimate of drug-likeness (QED) is 0.0261. The van der Waals surface area contributed by atoms with Gasteiger partial charge in [0.25, 0.3) is 0 Å². The number of unbranched alkanes of at least 4 members (excludes halogenated alkanes) is 48. The van der Waals surface area contributed by atoms with E-state index < -0.39 is 6.10 Å². The second-order valence-electron chi connectivity index (χ2n) is 23.8. The minimum Gasteiger partial charge on any atom is -0.462 e. The lowest BCUT2D eigenvalue weighted by Crippen LogP contribution is -2.30. The van der Waals surface area contributed by atoms with E-state index in [0.717, 1.165) is 70.6 Å². The van der Waals surface area contributed by atoms with Crippen LogP contribution in [0.15, 0.2) is 36.5 Å². The third-order valence-corrected chi connectivity index (χ3v) is 15.9. The average Bonchev–Trinajstić information content (AvgIpc) is 3.44. The smallest absolute Gasteiger partial charge is 0.306 e. The number of hydrogen-bond acceptors (Lipinski definition) is 6. The first-order valence-electron chi connectivity index (χ1n) is 35.0. The number of rotatable bonds is 65. The number of esters is 3. The molecule has 1 atom stereocenters. The maximum atomic E-state index is 12.9. The fraction of sp³-hybridized carbons (Fsp3) is 0.875. The summed E-state index contributed by atoms with van der Waals surface area (Å²) in [4.78, 5) is 38.4. The minimum absolute atomic E-state index is 0.0651. The Balaban J connectivity index is 4.20. The van der Waals surface area contributed by atoms with Gasteiger partial charge in [-0.3, -0.25) is 14.4 Å². The van der Waals surface area contributed by atoms with Crippen molar-refractivity contribution in [2.75, 3.05) is 13.2 Å². The Morgan fingerprint density at radius 2 is 0.462 bits per heavy atom. The molecule has 1 unspecified atom stereocenters. The topological polar surface area (TPSA) is 78.9 Å². The van der Waals surface area contributed by atoms with Crippen molar-refractivity contribution in [1.29, 1.82) is 0 Å². The molecule has 458 valence electrons. The van der Waals surface area contributed by atoms with Gasteiger partial charge in [-0.1, -0.05) is 346 Å². The van der Waals surface area contributed by atoms with Gasteiger partial charge in [-0.2, -0.15) is 0 Å². The van der Waals surface area contributed by atoms with E-state index in [0.29, 0.717) is 19.3 Å². The molecule has 0 fully saturated rings. The molecule has 0 aromatic carbocycles. The molecule has 0 aliphatic rings. The van der Waals surface area contributed by atoms with Crippen LogP contribution in [0.3, 0.4) is 0 Å². The van der Waals surface area contributed by atoms with Gasteiger partial charge in [-0.25, -0.2) is 0 Å². The third kappa shape index (κ3) is 64.5. The fourth-order valence-corrected chi connectivity index (χ4v) is 10.6. The zero-order valence-electron chi connectivity index (χ0n) is 52.7. The summed E-state index contributed by atoms with van der Waals surface area (Å²) in [7, 11) is 0. The van der Waals surface area contributed by atoms with E-state index in [2.05, 4.69) is 57.2 Å². The standard InChI is InChI=1S/C72H134O6/c1-4-7-10-13-16-19-22-25-28-30-31-32-33-34-35-36-37-38-39-40-41-42-45-47-50-53-56-59-62-65-71(74)77-68-69(67-76-70(73)64-61-58-55-52-49-46-43-27-24-21-18-15-12-9-6-3)78-72(75)66-63-60-57-54-51-48-44-29-26-23-20-17-14-11-8-5-2/h22,25,30-31,33-34,69H,4-21,23-24,26-29,32,35-68H2,1-3H3/b25-22-,31-30-,34-33-. The van der Waals surface area contributed by atoms with Crippen LogP contribution in [-0.2, 0) is 28.6 Å². The Morgan fingerprint density at radius 3 is 0.718 bits per heavy atom. The van der Waals surface area contributed by atoms with Crippen molar-refractivity contribution in [3.63, 3.8) is 0 Å². The molecule has 0 saturated heterocycles. The van der Waals surface area contributed by atoms with E-state index in [1.54, 1.807) is 0 Å². The predicted molar refractivity (Wildman–Crippen MR) is 339 cm³/mol. The Morgan fingerprint density at radius 1 is 0.256 bits per heavy atom. The molecule has 0 aromatic rings. The molecular weight excluding hydrogens is 961 g/mol. The molecule has 6 nitrogen and oxygen atoms in total. The molecule has 6 heteroatoms. The van der Waals surface area contributed by atoms with Gasteiger partial charge >= 0.3 is 17.9 Å². The lowest BCUT2D eigenvalue weighted by molar-refractivity contribution is -0.167. The summed E-state index contributed by atoms with van der Waals surface area (Å²) in [5, 5.41) is 0. The van der Waals surface area contributed by atoms with Crippen LogP contribution in [0, 0.1) is 0 Å². The summed E-state index contributed by atoms with van der Waals surface area (Å²) in [5.41, 5.74) is 0. The highest BCUT2D eigenvalue weighted by Gasteiger charge is 2.19. The Labute approximate surface area is 486 Å². The zero-order chi connectivity index (χ0) is 56.4. The van der Waals surface area contributed by atoms with Gasteiger partial charge in [0.2, 0.25) is 0 Å². The first-order valence-corrected chi connectivity index (χ1v) is 35.0. The molecule has 0 aliphatic carbocycles. The molecule has 78 heavy (non-hydrogen) atoms. The third-order valence-electron chi connectivity index (χ3n) is 15.9. The SMILES string of the molecule is CCCCCCC/C=C\C/C=C\C/C=C\CCCCCCCCCCCCCCCCC(=O)OCC(COC(=O)CCCCCCCCCCCCCCCCC)OC(=O)CCCCCCCCCCCCCCCCCC. The van der Waals surface area contributed by atoms with Crippen molar-refractivity contribution in [1.82, 2.24) is 0 Å². The van der Waals surface area contributed by atoms with Crippen molar-refractivity contribution in [2.45, 2.75) is 393 Å². The van der Waals surface area contributed by atoms with Crippen LogP contribution in [0.2, 0.25) is 0 Å². The first kappa shape index (κ1) is 75.6. The minimum atomic E-state index is -0.768. The lowest BCUT2D eigenvalue weighted by atomic mass is 10.0. The molecule has 0 saturated carbocycles. The molecule has 0 N–H and O–H groups in total. The van der Waals surface area contributed by atoms with Gasteiger partial charge in [0.1, 0.15) is 13.2 Å². The van der Waals surface area contributed by atoms with Gasteiger partial charge in [0.15, 0.2) is 6.10 Å². The summed E-state index contributed by atoms with van der Waals surface area (Å²) >= 11 is 0. The Hall–Kier alpha value is -2.37. The summed E-state index contributed by atoms with van der Waals surface area (Å²) < 4.78 is 17.0. The molecule has 0 amide bonds. The van der Waals surface area contributed by atoms with E-state index in [-0.39, 0.29) is 31.1 Å². The summed E-state index contributed by atoms with van der Waals surface area (Å²) in [5.74, 6) is -0.835. The van der Waals surface area contributed by atoms with Gasteiger partial charge in [-0.15, -0.1) is 0 Å². The van der Waals surface area contributed by atoms with Gasteiger partial charge in [-0.05, 0) is 57.8 Å². The number of carbonyl (C=O) groups is 3. The van der Waals surface area contributed by atoms with Crippen LogP contribution >= 0.6 is 0 Å². The monoisotopic (exact) mass is 1100 g/mol. The second kappa shape index (κ2) is 67.1. The Kier molecular flexibility index (Phi) is 65.1. The van der Waals surface area contributed by atoms with Crippen LogP contribution in [0.5, 0.6) is 0 Å². The van der Waals surface area contributed by atoms with Crippen LogP contribution in [0.1, 0.15) is 387 Å². The summed E-state index contributed by atoms with van der Waals surface area (Å²) in [6.07, 6.45) is 83.1. The number of carbonyl (C=O) groups excluding carboxylic acids is 3. The van der Waals surface area contributed by atoms with Crippen LogP contribution in [-0.4, -0.2) is 37.2 Å². The molecule has 0 radical (unpaired) electrons. The number of allylic oxidation sites excluding steroid dienone is 6. The molecular formula is C72H134O6. The van der Waals surface area contributed by atoms with Crippen molar-refractivity contribution >= 4 is 17.9 Å². The maximum absolute atomic E-state index is 12.9. The summed E-state index contributed by atoms with van der Waals surface area (Å²) in [6, 6.07) is 0. The van der Waals surface area contributed by atoms with Crippen LogP contribution in [0.25, 0.3) is 0 Å². The van der Waals surface area contributed by atoms with E-state index in [4.69, 9.17) is 14.2 Å². The maximum Gasteiger partial charge on any atom is 0.306 e. The van der Waals surface area contributed by atoms with Gasteiger partial charge in [0, 0.05) is 19.3 Å². The van der Waals surface area contributed by atoms with E-state index in [1.165, 1.54) is 276 Å². The largest absolute Gasteiger partial charge is 0.462 e. The van der Waals surface area contributed by atoms with Crippen molar-refractivity contribution in [3.8, 4) is 0 Å². The molecule has 0 aliphatic heterocycles. The van der Waals surface area contributed by atoms with Gasteiger partial charge in [0.05, 0.1) is 0 Å². The summed E-state index contributed by atoms with van der Waals surface area (Å²) in [6.45, 7) is 6.70. The lowest BCUT2D eigenvalue weighted by Gasteiger charge is -2.18. The Bertz CT molecular complexity index is 1300.